The third kappa shape index (κ3) is 3.61. The molecule has 0 spiro atoms. The van der Waals surface area contributed by atoms with Crippen molar-refractivity contribution >= 4 is 0 Å². The number of nitrogens with one attached hydrogen (secondary N) is 1. The number of nitro groups is 1. The van der Waals surface area contributed by atoms with Crippen LogP contribution in [0.5, 0.6) is 0 Å². The van der Waals surface area contributed by atoms with E-state index in [-0.39, 0.29) is 11.9 Å². The summed E-state index contributed by atoms with van der Waals surface area (Å²) in [6.07, 6.45) is 0.755. The van der Waals surface area contributed by atoms with Crippen LogP contribution in [-0.2, 0) is 0 Å². The van der Waals surface area contributed by atoms with Crippen LogP contribution in [0.1, 0.15) is 24.1 Å². The van der Waals surface area contributed by atoms with Gasteiger partial charge in [0.2, 0.25) is 0 Å². The highest BCUT2D eigenvalue weighted by Crippen LogP contribution is 2.13. The molecule has 5 nitrogen and oxygen atoms in total. The minimum absolute atomic E-state index is 0.0538. The number of rotatable bonds is 4. The predicted octanol–water partition coefficient (Wildman–Crippen LogP) is 1.68. The molecule has 0 aliphatic rings. The highest BCUT2D eigenvalue weighted by Gasteiger charge is 2.06. The summed E-state index contributed by atoms with van der Waals surface area (Å²) in [6, 6.07) is 7.84. The molecule has 0 bridgehead atoms. The molecule has 86 valence electrons. The fourth-order valence-corrected chi connectivity index (χ4v) is 1.34. The van der Waals surface area contributed by atoms with Gasteiger partial charge in [-0.1, -0.05) is 29.8 Å². The molecule has 0 amide bonds. The second-order valence-electron chi connectivity index (χ2n) is 3.65. The quantitative estimate of drug-likeness (QED) is 0.598. The van der Waals surface area contributed by atoms with Gasteiger partial charge in [-0.3, -0.25) is 10.1 Å². The summed E-state index contributed by atoms with van der Waals surface area (Å²) in [4.78, 5) is 9.60. The summed E-state index contributed by atoms with van der Waals surface area (Å²) in [7, 11) is 0. The lowest BCUT2D eigenvalue weighted by molar-refractivity contribution is -0.403. The lowest BCUT2D eigenvalue weighted by Gasteiger charge is -2.14. The first-order valence-corrected chi connectivity index (χ1v) is 4.93. The van der Waals surface area contributed by atoms with Crippen molar-refractivity contribution in [3.63, 3.8) is 0 Å². The average molecular weight is 221 g/mol. The molecule has 0 fully saturated rings. The fraction of sp³-hybridized carbons (Fsp3) is 0.273. The van der Waals surface area contributed by atoms with Crippen LogP contribution in [0.3, 0.4) is 0 Å². The summed E-state index contributed by atoms with van der Waals surface area (Å²) in [5, 5.41) is 13.0. The van der Waals surface area contributed by atoms with E-state index in [0.717, 1.165) is 11.8 Å². The Bertz CT molecular complexity index is 398. The van der Waals surface area contributed by atoms with Gasteiger partial charge in [-0.25, -0.2) is 0 Å². The van der Waals surface area contributed by atoms with Gasteiger partial charge in [0, 0.05) is 0 Å². The normalized spacial score (nSPS) is 13.2. The summed E-state index contributed by atoms with van der Waals surface area (Å²) >= 11 is 0. The molecule has 1 aromatic carbocycles. The van der Waals surface area contributed by atoms with Crippen molar-refractivity contribution in [3.05, 3.63) is 57.5 Å². The van der Waals surface area contributed by atoms with Crippen LogP contribution in [0.4, 0.5) is 0 Å². The zero-order chi connectivity index (χ0) is 12.1. The van der Waals surface area contributed by atoms with E-state index in [9.17, 15) is 10.1 Å². The number of hydrogen-bond acceptors (Lipinski definition) is 4. The van der Waals surface area contributed by atoms with Gasteiger partial charge in [-0.2, -0.15) is 0 Å². The Labute approximate surface area is 94.1 Å². The SMILES string of the molecule is Cc1ccc(C(C)N/C(N)=C/[N+](=O)[O-])cc1. The Morgan fingerprint density at radius 2 is 2.06 bits per heavy atom. The highest BCUT2D eigenvalue weighted by molar-refractivity contribution is 5.24. The predicted molar refractivity (Wildman–Crippen MR) is 62.0 cm³/mol. The van der Waals surface area contributed by atoms with Gasteiger partial charge >= 0.3 is 0 Å². The van der Waals surface area contributed by atoms with E-state index in [0.29, 0.717) is 0 Å². The van der Waals surface area contributed by atoms with Crippen molar-refractivity contribution in [1.29, 1.82) is 0 Å². The molecule has 0 aliphatic carbocycles. The summed E-state index contributed by atoms with van der Waals surface area (Å²) in [5.41, 5.74) is 7.65. The molecule has 0 radical (unpaired) electrons. The van der Waals surface area contributed by atoms with Gasteiger partial charge in [0.15, 0.2) is 5.82 Å². The van der Waals surface area contributed by atoms with Gasteiger partial charge in [0.25, 0.3) is 6.20 Å². The van der Waals surface area contributed by atoms with Gasteiger partial charge in [0.1, 0.15) is 0 Å². The van der Waals surface area contributed by atoms with E-state index in [1.165, 1.54) is 5.56 Å². The Balaban J connectivity index is 2.69. The molecule has 1 rings (SSSR count). The molecule has 1 unspecified atom stereocenters. The first-order chi connectivity index (χ1) is 7.49. The van der Waals surface area contributed by atoms with Gasteiger partial charge < -0.3 is 11.1 Å². The maximum atomic E-state index is 10.2. The van der Waals surface area contributed by atoms with Gasteiger partial charge in [-0.05, 0) is 19.4 Å². The fourth-order valence-electron chi connectivity index (χ4n) is 1.34. The topological polar surface area (TPSA) is 81.2 Å². The largest absolute Gasteiger partial charge is 0.380 e. The van der Waals surface area contributed by atoms with Crippen molar-refractivity contribution in [1.82, 2.24) is 5.32 Å². The molecule has 0 aromatic heterocycles. The lowest BCUT2D eigenvalue weighted by atomic mass is 10.1. The lowest BCUT2D eigenvalue weighted by Crippen LogP contribution is -2.24. The number of nitrogens with zero attached hydrogens (tertiary/aromatic N) is 1. The van der Waals surface area contributed by atoms with Crippen molar-refractivity contribution in [2.75, 3.05) is 0 Å². The van der Waals surface area contributed by atoms with Crippen LogP contribution in [0.25, 0.3) is 0 Å². The number of nitrogens with two attached hydrogens (primary N) is 1. The number of aryl methyl sites for hydroxylation is 1. The van der Waals surface area contributed by atoms with E-state index in [2.05, 4.69) is 5.32 Å². The van der Waals surface area contributed by atoms with E-state index in [1.807, 2.05) is 38.1 Å². The molecule has 16 heavy (non-hydrogen) atoms. The minimum Gasteiger partial charge on any atom is -0.380 e. The monoisotopic (exact) mass is 221 g/mol. The van der Waals surface area contributed by atoms with Gasteiger partial charge in [0.05, 0.1) is 11.0 Å². The average Bonchev–Trinajstić information content (AvgIpc) is 2.16. The van der Waals surface area contributed by atoms with Crippen LogP contribution in [0, 0.1) is 17.0 Å². The van der Waals surface area contributed by atoms with Crippen LogP contribution in [-0.4, -0.2) is 4.92 Å². The Hall–Kier alpha value is -2.04. The van der Waals surface area contributed by atoms with E-state index in [1.54, 1.807) is 0 Å². The van der Waals surface area contributed by atoms with Crippen molar-refractivity contribution in [2.24, 2.45) is 5.73 Å². The Morgan fingerprint density at radius 3 is 2.56 bits per heavy atom. The minimum atomic E-state index is -0.579. The number of benzene rings is 1. The Kier molecular flexibility index (Phi) is 3.88. The van der Waals surface area contributed by atoms with Crippen molar-refractivity contribution < 1.29 is 4.92 Å². The van der Waals surface area contributed by atoms with Crippen LogP contribution < -0.4 is 11.1 Å². The Morgan fingerprint density at radius 1 is 1.50 bits per heavy atom. The second kappa shape index (κ2) is 5.16. The molecular weight excluding hydrogens is 206 g/mol. The van der Waals surface area contributed by atoms with Crippen LogP contribution >= 0.6 is 0 Å². The molecule has 0 saturated carbocycles. The zero-order valence-electron chi connectivity index (χ0n) is 9.31. The molecule has 0 saturated heterocycles. The van der Waals surface area contributed by atoms with Gasteiger partial charge in [-0.15, -0.1) is 0 Å². The molecule has 1 aromatic rings. The maximum Gasteiger partial charge on any atom is 0.273 e. The van der Waals surface area contributed by atoms with E-state index in [4.69, 9.17) is 5.73 Å². The summed E-state index contributed by atoms with van der Waals surface area (Å²) in [5.74, 6) is 0.0538. The zero-order valence-corrected chi connectivity index (χ0v) is 9.31. The molecule has 3 N–H and O–H groups in total. The van der Waals surface area contributed by atoms with E-state index >= 15 is 0 Å². The van der Waals surface area contributed by atoms with E-state index < -0.39 is 4.92 Å². The van der Waals surface area contributed by atoms with Crippen molar-refractivity contribution in [3.8, 4) is 0 Å². The van der Waals surface area contributed by atoms with Crippen molar-refractivity contribution in [2.45, 2.75) is 19.9 Å². The second-order valence-corrected chi connectivity index (χ2v) is 3.65. The van der Waals surface area contributed by atoms with Crippen LogP contribution in [0.2, 0.25) is 0 Å². The molecule has 0 heterocycles. The molecular formula is C11H15N3O2. The first-order valence-electron chi connectivity index (χ1n) is 4.93. The molecule has 1 atom stereocenters. The first kappa shape index (κ1) is 12.0. The molecule has 0 aliphatic heterocycles. The summed E-state index contributed by atoms with van der Waals surface area (Å²) in [6.45, 7) is 3.90. The van der Waals surface area contributed by atoms with Crippen LogP contribution in [0.15, 0.2) is 36.3 Å². The molecule has 5 heteroatoms. The third-order valence-corrected chi connectivity index (χ3v) is 2.21. The smallest absolute Gasteiger partial charge is 0.273 e. The third-order valence-electron chi connectivity index (χ3n) is 2.21. The highest BCUT2D eigenvalue weighted by atomic mass is 16.6. The standard InChI is InChI=1S/C11H15N3O2/c1-8-3-5-10(6-4-8)9(2)13-11(12)7-14(15)16/h3-7,9,13H,12H2,1-2H3/b11-7+. The maximum absolute atomic E-state index is 10.2. The number of hydrogen-bond donors (Lipinski definition) is 2. The summed E-state index contributed by atoms with van der Waals surface area (Å²) < 4.78 is 0.